The Labute approximate surface area is 156 Å². The van der Waals surface area contributed by atoms with Gasteiger partial charge < -0.3 is 9.47 Å². The minimum absolute atomic E-state index is 0.598. The first-order valence-electron chi connectivity index (χ1n) is 10.0. The minimum Gasteiger partial charge on any atom is -0.493 e. The van der Waals surface area contributed by atoms with Crippen molar-refractivity contribution < 1.29 is 9.47 Å². The number of nitrogens with zero attached hydrogens (tertiary/aromatic N) is 1. The maximum Gasteiger partial charge on any atom is 0.120 e. The first-order valence-corrected chi connectivity index (χ1v) is 10.0. The van der Waals surface area contributed by atoms with Crippen LogP contribution in [0.2, 0.25) is 0 Å². The van der Waals surface area contributed by atoms with Crippen LogP contribution in [0.25, 0.3) is 0 Å². The molecular formula is C23H29NO2. The third-order valence-electron chi connectivity index (χ3n) is 5.76. The summed E-state index contributed by atoms with van der Waals surface area (Å²) in [6.07, 6.45) is 6.72. The molecule has 0 bridgehead atoms. The van der Waals surface area contributed by atoms with Crippen LogP contribution < -0.4 is 9.47 Å². The molecular weight excluding hydrogens is 322 g/mol. The van der Waals surface area contributed by atoms with E-state index in [1.54, 1.807) is 0 Å². The highest BCUT2D eigenvalue weighted by Gasteiger charge is 2.33. The number of hydrogen-bond acceptors (Lipinski definition) is 3. The minimum atomic E-state index is 0.598. The van der Waals surface area contributed by atoms with Gasteiger partial charge in [0.2, 0.25) is 0 Å². The van der Waals surface area contributed by atoms with Crippen molar-refractivity contribution in [1.82, 2.24) is 4.90 Å². The van der Waals surface area contributed by atoms with E-state index in [0.717, 1.165) is 24.1 Å². The Hall–Kier alpha value is -2.00. The second kappa shape index (κ2) is 8.59. The SMILES string of the molecule is c1ccc(COc2ccc(OCC3CCCN4CCCCC34)cc2)cc1. The monoisotopic (exact) mass is 351 g/mol. The molecule has 2 atom stereocenters. The van der Waals surface area contributed by atoms with Gasteiger partial charge in [-0.1, -0.05) is 36.8 Å². The molecule has 2 unspecified atom stereocenters. The predicted molar refractivity (Wildman–Crippen MR) is 105 cm³/mol. The van der Waals surface area contributed by atoms with E-state index in [1.165, 1.54) is 50.8 Å². The zero-order valence-corrected chi connectivity index (χ0v) is 15.5. The van der Waals surface area contributed by atoms with Crippen LogP contribution in [0.3, 0.4) is 0 Å². The summed E-state index contributed by atoms with van der Waals surface area (Å²) in [6.45, 7) is 4.01. The van der Waals surface area contributed by atoms with Gasteiger partial charge >= 0.3 is 0 Å². The highest BCUT2D eigenvalue weighted by Crippen LogP contribution is 2.31. The van der Waals surface area contributed by atoms with Crippen LogP contribution in [-0.4, -0.2) is 30.6 Å². The molecule has 0 N–H and O–H groups in total. The standard InChI is InChI=1S/C23H29NO2/c1-2-7-19(8-3-1)17-25-21-11-13-22(14-12-21)26-18-20-9-6-16-24-15-5-4-10-23(20)24/h1-3,7-8,11-14,20,23H,4-6,9-10,15-18H2. The van der Waals surface area contributed by atoms with E-state index in [0.29, 0.717) is 12.5 Å². The van der Waals surface area contributed by atoms with Gasteiger partial charge in [-0.25, -0.2) is 0 Å². The van der Waals surface area contributed by atoms with Gasteiger partial charge in [0.1, 0.15) is 18.1 Å². The molecule has 2 fully saturated rings. The van der Waals surface area contributed by atoms with Crippen LogP contribution in [0.4, 0.5) is 0 Å². The smallest absolute Gasteiger partial charge is 0.120 e. The maximum absolute atomic E-state index is 6.13. The first-order chi connectivity index (χ1) is 12.9. The van der Waals surface area contributed by atoms with E-state index in [1.807, 2.05) is 42.5 Å². The molecule has 3 nitrogen and oxygen atoms in total. The fourth-order valence-corrected chi connectivity index (χ4v) is 4.35. The normalized spacial score (nSPS) is 23.2. The molecule has 0 aromatic heterocycles. The molecule has 2 heterocycles. The van der Waals surface area contributed by atoms with E-state index in [9.17, 15) is 0 Å². The third-order valence-corrected chi connectivity index (χ3v) is 5.76. The zero-order chi connectivity index (χ0) is 17.6. The number of hydrogen-bond donors (Lipinski definition) is 0. The number of benzene rings is 2. The average molecular weight is 351 g/mol. The topological polar surface area (TPSA) is 21.7 Å². The van der Waals surface area contributed by atoms with Crippen LogP contribution in [-0.2, 0) is 6.61 Å². The van der Waals surface area contributed by atoms with Gasteiger partial charge in [0, 0.05) is 12.0 Å². The van der Waals surface area contributed by atoms with Crippen LogP contribution in [0.5, 0.6) is 11.5 Å². The second-order valence-corrected chi connectivity index (χ2v) is 7.56. The van der Waals surface area contributed by atoms with Gasteiger partial charge in [-0.2, -0.15) is 0 Å². The molecule has 2 aromatic carbocycles. The summed E-state index contributed by atoms with van der Waals surface area (Å²) in [4.78, 5) is 2.70. The van der Waals surface area contributed by atoms with Gasteiger partial charge in [0.05, 0.1) is 6.61 Å². The summed E-state index contributed by atoms with van der Waals surface area (Å²) in [6, 6.07) is 19.1. The quantitative estimate of drug-likeness (QED) is 0.738. The van der Waals surface area contributed by atoms with Gasteiger partial charge in [0.25, 0.3) is 0 Å². The molecule has 0 amide bonds. The maximum atomic E-state index is 6.13. The average Bonchev–Trinajstić information content (AvgIpc) is 2.72. The van der Waals surface area contributed by atoms with Crippen molar-refractivity contribution >= 4 is 0 Å². The summed E-state index contributed by atoms with van der Waals surface area (Å²) in [7, 11) is 0. The molecule has 3 heteroatoms. The highest BCUT2D eigenvalue weighted by molar-refractivity contribution is 5.31. The van der Waals surface area contributed by atoms with Crippen molar-refractivity contribution in [3.05, 3.63) is 60.2 Å². The lowest BCUT2D eigenvalue weighted by Gasteiger charge is -2.44. The van der Waals surface area contributed by atoms with Crippen molar-refractivity contribution in [2.24, 2.45) is 5.92 Å². The molecule has 0 radical (unpaired) electrons. The number of piperidine rings is 2. The zero-order valence-electron chi connectivity index (χ0n) is 15.5. The number of ether oxygens (including phenoxy) is 2. The third kappa shape index (κ3) is 4.39. The van der Waals surface area contributed by atoms with E-state index in [2.05, 4.69) is 17.0 Å². The predicted octanol–water partition coefficient (Wildman–Crippen LogP) is 4.91. The second-order valence-electron chi connectivity index (χ2n) is 7.56. The lowest BCUT2D eigenvalue weighted by Crippen LogP contribution is -2.49. The molecule has 2 aliphatic heterocycles. The Morgan fingerprint density at radius 1 is 0.769 bits per heavy atom. The summed E-state index contributed by atoms with van der Waals surface area (Å²) < 4.78 is 12.0. The fraction of sp³-hybridized carbons (Fsp3) is 0.478. The molecule has 0 saturated carbocycles. The largest absolute Gasteiger partial charge is 0.493 e. The fourth-order valence-electron chi connectivity index (χ4n) is 4.35. The van der Waals surface area contributed by atoms with Crippen molar-refractivity contribution in [3.8, 4) is 11.5 Å². The summed E-state index contributed by atoms with van der Waals surface area (Å²) in [5, 5.41) is 0. The van der Waals surface area contributed by atoms with Gasteiger partial charge in [-0.05, 0) is 68.6 Å². The number of rotatable bonds is 6. The van der Waals surface area contributed by atoms with E-state index in [-0.39, 0.29) is 0 Å². The van der Waals surface area contributed by atoms with Crippen molar-refractivity contribution in [2.75, 3.05) is 19.7 Å². The first kappa shape index (κ1) is 17.4. The Kier molecular flexibility index (Phi) is 5.75. The molecule has 2 aromatic rings. The van der Waals surface area contributed by atoms with E-state index >= 15 is 0 Å². The Morgan fingerprint density at radius 3 is 2.31 bits per heavy atom. The van der Waals surface area contributed by atoms with Crippen molar-refractivity contribution in [1.29, 1.82) is 0 Å². The molecule has 2 saturated heterocycles. The Balaban J connectivity index is 1.27. The summed E-state index contributed by atoms with van der Waals surface area (Å²) in [5.41, 5.74) is 1.18. The van der Waals surface area contributed by atoms with Crippen LogP contribution >= 0.6 is 0 Å². The molecule has 4 rings (SSSR count). The van der Waals surface area contributed by atoms with Gasteiger partial charge in [0.15, 0.2) is 0 Å². The Bertz CT molecular complexity index is 668. The molecule has 0 spiro atoms. The van der Waals surface area contributed by atoms with Crippen molar-refractivity contribution in [2.45, 2.75) is 44.8 Å². The van der Waals surface area contributed by atoms with Gasteiger partial charge in [-0.15, -0.1) is 0 Å². The summed E-state index contributed by atoms with van der Waals surface area (Å²) in [5.74, 6) is 2.51. The lowest BCUT2D eigenvalue weighted by atomic mass is 9.84. The highest BCUT2D eigenvalue weighted by atomic mass is 16.5. The van der Waals surface area contributed by atoms with Gasteiger partial charge in [-0.3, -0.25) is 4.90 Å². The van der Waals surface area contributed by atoms with Crippen LogP contribution in [0, 0.1) is 5.92 Å². The molecule has 138 valence electrons. The molecule has 26 heavy (non-hydrogen) atoms. The lowest BCUT2D eigenvalue weighted by molar-refractivity contribution is 0.0366. The number of fused-ring (bicyclic) bond motifs is 1. The molecule has 0 aliphatic carbocycles. The summed E-state index contributed by atoms with van der Waals surface area (Å²) >= 11 is 0. The molecule has 2 aliphatic rings. The van der Waals surface area contributed by atoms with Crippen LogP contribution in [0.1, 0.15) is 37.7 Å². The van der Waals surface area contributed by atoms with Crippen LogP contribution in [0.15, 0.2) is 54.6 Å². The Morgan fingerprint density at radius 2 is 1.50 bits per heavy atom. The van der Waals surface area contributed by atoms with E-state index < -0.39 is 0 Å². The van der Waals surface area contributed by atoms with E-state index in [4.69, 9.17) is 9.47 Å². The van der Waals surface area contributed by atoms with Crippen molar-refractivity contribution in [3.63, 3.8) is 0 Å².